The predicted molar refractivity (Wildman–Crippen MR) is 89.4 cm³/mol. The lowest BCUT2D eigenvalue weighted by molar-refractivity contribution is -0.384. The first-order valence-electron chi connectivity index (χ1n) is 6.84. The molecule has 0 spiro atoms. The van der Waals surface area contributed by atoms with Gasteiger partial charge in [-0.2, -0.15) is 0 Å². The molecule has 104 valence electrons. The van der Waals surface area contributed by atoms with E-state index in [1.54, 1.807) is 12.1 Å². The summed E-state index contributed by atoms with van der Waals surface area (Å²) in [6.45, 7) is 0. The van der Waals surface area contributed by atoms with Crippen LogP contribution in [0.4, 0.5) is 5.69 Å². The number of hydrogen-bond donors (Lipinski definition) is 0. The van der Waals surface area contributed by atoms with Crippen LogP contribution in [0.3, 0.4) is 0 Å². The summed E-state index contributed by atoms with van der Waals surface area (Å²) < 4.78 is 0. The molecule has 0 unspecified atom stereocenters. The molecule has 0 saturated heterocycles. The Morgan fingerprint density at radius 1 is 0.727 bits per heavy atom. The molecule has 0 aliphatic carbocycles. The minimum atomic E-state index is -0.384. The highest BCUT2D eigenvalue weighted by Gasteiger charge is 2.08. The van der Waals surface area contributed by atoms with E-state index in [0.717, 1.165) is 22.3 Å². The topological polar surface area (TPSA) is 43.1 Å². The van der Waals surface area contributed by atoms with Gasteiger partial charge in [0.25, 0.3) is 5.69 Å². The number of nitrogens with zero attached hydrogens (tertiary/aromatic N) is 1. The Morgan fingerprint density at radius 3 is 1.82 bits per heavy atom. The van der Waals surface area contributed by atoms with Gasteiger partial charge in [0.15, 0.2) is 0 Å². The fourth-order valence-electron chi connectivity index (χ4n) is 2.40. The first-order valence-corrected chi connectivity index (χ1v) is 6.84. The molecule has 3 aromatic carbocycles. The van der Waals surface area contributed by atoms with Gasteiger partial charge in [0.05, 0.1) is 4.92 Å². The molecule has 0 N–H and O–H groups in total. The third-order valence-corrected chi connectivity index (χ3v) is 3.47. The molecule has 0 heterocycles. The van der Waals surface area contributed by atoms with E-state index in [4.69, 9.17) is 7.85 Å². The molecule has 2 radical (unpaired) electrons. The van der Waals surface area contributed by atoms with Crippen molar-refractivity contribution in [2.45, 2.75) is 0 Å². The van der Waals surface area contributed by atoms with E-state index in [0.29, 0.717) is 5.46 Å². The lowest BCUT2D eigenvalue weighted by Crippen LogP contribution is -2.00. The molecule has 0 amide bonds. The molecule has 3 nitrogen and oxygen atoms in total. The van der Waals surface area contributed by atoms with Crippen molar-refractivity contribution in [2.24, 2.45) is 0 Å². The summed E-state index contributed by atoms with van der Waals surface area (Å²) in [6, 6.07) is 22.2. The van der Waals surface area contributed by atoms with Crippen LogP contribution in [0.15, 0.2) is 72.8 Å². The molecule has 0 aliphatic rings. The third-order valence-electron chi connectivity index (χ3n) is 3.47. The highest BCUT2D eigenvalue weighted by Crippen LogP contribution is 2.28. The number of hydrogen-bond acceptors (Lipinski definition) is 2. The Morgan fingerprint density at radius 2 is 1.23 bits per heavy atom. The van der Waals surface area contributed by atoms with Crippen molar-refractivity contribution >= 4 is 19.0 Å². The second-order valence-electron chi connectivity index (χ2n) is 5.01. The van der Waals surface area contributed by atoms with Crippen LogP contribution in [0.1, 0.15) is 0 Å². The molecule has 4 heteroatoms. The minimum Gasteiger partial charge on any atom is -0.258 e. The van der Waals surface area contributed by atoms with Crippen LogP contribution in [0.25, 0.3) is 22.3 Å². The monoisotopic (exact) mass is 285 g/mol. The van der Waals surface area contributed by atoms with Crippen LogP contribution < -0.4 is 5.46 Å². The minimum absolute atomic E-state index is 0.0897. The second-order valence-corrected chi connectivity index (χ2v) is 5.01. The highest BCUT2D eigenvalue weighted by atomic mass is 16.6. The van der Waals surface area contributed by atoms with Crippen molar-refractivity contribution < 1.29 is 4.92 Å². The zero-order valence-electron chi connectivity index (χ0n) is 11.8. The summed E-state index contributed by atoms with van der Waals surface area (Å²) in [4.78, 5) is 10.5. The first kappa shape index (κ1) is 14.1. The van der Waals surface area contributed by atoms with E-state index in [9.17, 15) is 10.1 Å². The standard InChI is InChI=1S/C18H12BNO2/c19-17-8-2-6-15(11-17)13-4-1-5-14(10-13)16-7-3-9-18(12-16)20(21)22/h1-12H. The molecule has 22 heavy (non-hydrogen) atoms. The highest BCUT2D eigenvalue weighted by molar-refractivity contribution is 6.32. The molecule has 0 aromatic heterocycles. The molecule has 0 saturated carbocycles. The average Bonchev–Trinajstić information content (AvgIpc) is 2.55. The summed E-state index contributed by atoms with van der Waals surface area (Å²) in [6.07, 6.45) is 0. The largest absolute Gasteiger partial charge is 0.270 e. The number of rotatable bonds is 3. The maximum absolute atomic E-state index is 10.9. The van der Waals surface area contributed by atoms with E-state index >= 15 is 0 Å². The SMILES string of the molecule is [B]c1cccc(-c2cccc(-c3cccc([N+](=O)[O-])c3)c2)c1. The fraction of sp³-hybridized carbons (Fsp3) is 0. The zero-order chi connectivity index (χ0) is 15.5. The summed E-state index contributed by atoms with van der Waals surface area (Å²) >= 11 is 0. The smallest absolute Gasteiger partial charge is 0.258 e. The van der Waals surface area contributed by atoms with Gasteiger partial charge in [-0.1, -0.05) is 60.1 Å². The zero-order valence-corrected chi connectivity index (χ0v) is 11.8. The van der Waals surface area contributed by atoms with Gasteiger partial charge >= 0.3 is 0 Å². The van der Waals surface area contributed by atoms with Crippen LogP contribution in [-0.4, -0.2) is 12.8 Å². The molecule has 3 rings (SSSR count). The fourth-order valence-corrected chi connectivity index (χ4v) is 2.40. The quantitative estimate of drug-likeness (QED) is 0.418. The van der Waals surface area contributed by atoms with Gasteiger partial charge in [0, 0.05) is 12.1 Å². The lowest BCUT2D eigenvalue weighted by atomic mass is 9.91. The molecule has 0 bridgehead atoms. The number of benzene rings is 3. The van der Waals surface area contributed by atoms with Crippen molar-refractivity contribution in [3.63, 3.8) is 0 Å². The third kappa shape index (κ3) is 2.91. The number of non-ortho nitro benzene ring substituents is 1. The van der Waals surface area contributed by atoms with E-state index in [1.807, 2.05) is 54.6 Å². The second kappa shape index (κ2) is 5.86. The van der Waals surface area contributed by atoms with E-state index in [-0.39, 0.29) is 10.6 Å². The van der Waals surface area contributed by atoms with Crippen LogP contribution in [-0.2, 0) is 0 Å². The maximum Gasteiger partial charge on any atom is 0.270 e. The van der Waals surface area contributed by atoms with Crippen LogP contribution in [0.2, 0.25) is 0 Å². The number of nitro benzene ring substituents is 1. The van der Waals surface area contributed by atoms with Gasteiger partial charge in [0.1, 0.15) is 7.85 Å². The van der Waals surface area contributed by atoms with Crippen LogP contribution in [0.5, 0.6) is 0 Å². The number of nitro groups is 1. The summed E-state index contributed by atoms with van der Waals surface area (Å²) in [5.74, 6) is 0. The Labute approximate surface area is 129 Å². The molecule has 0 atom stereocenters. The maximum atomic E-state index is 10.9. The van der Waals surface area contributed by atoms with Gasteiger partial charge in [0.2, 0.25) is 0 Å². The Hall–Kier alpha value is -2.88. The summed E-state index contributed by atoms with van der Waals surface area (Å²) in [7, 11) is 5.82. The average molecular weight is 285 g/mol. The van der Waals surface area contributed by atoms with Crippen molar-refractivity contribution in [1.29, 1.82) is 0 Å². The molecule has 0 aliphatic heterocycles. The van der Waals surface area contributed by atoms with Gasteiger partial charge in [-0.3, -0.25) is 10.1 Å². The Kier molecular flexibility index (Phi) is 3.75. The van der Waals surface area contributed by atoms with Crippen molar-refractivity contribution in [3.8, 4) is 22.3 Å². The van der Waals surface area contributed by atoms with E-state index in [2.05, 4.69) is 0 Å². The molecule has 3 aromatic rings. The van der Waals surface area contributed by atoms with Gasteiger partial charge < -0.3 is 0 Å². The van der Waals surface area contributed by atoms with Crippen LogP contribution in [0, 0.1) is 10.1 Å². The van der Waals surface area contributed by atoms with Crippen molar-refractivity contribution in [3.05, 3.63) is 82.9 Å². The van der Waals surface area contributed by atoms with Crippen molar-refractivity contribution in [1.82, 2.24) is 0 Å². The van der Waals surface area contributed by atoms with E-state index < -0.39 is 0 Å². The Bertz CT molecular complexity index is 846. The molecule has 0 fully saturated rings. The van der Waals surface area contributed by atoms with Gasteiger partial charge in [-0.05, 0) is 28.3 Å². The predicted octanol–water partition coefficient (Wildman–Crippen LogP) is 3.72. The first-order chi connectivity index (χ1) is 10.6. The van der Waals surface area contributed by atoms with E-state index in [1.165, 1.54) is 6.07 Å². The molecular formula is C18H12BNO2. The van der Waals surface area contributed by atoms with Gasteiger partial charge in [-0.25, -0.2) is 0 Å². The molecular weight excluding hydrogens is 273 g/mol. The van der Waals surface area contributed by atoms with Crippen molar-refractivity contribution in [2.75, 3.05) is 0 Å². The lowest BCUT2D eigenvalue weighted by Gasteiger charge is -2.07. The summed E-state index contributed by atoms with van der Waals surface area (Å²) in [5, 5.41) is 10.9. The normalized spacial score (nSPS) is 10.4. The van der Waals surface area contributed by atoms with Crippen LogP contribution >= 0.6 is 0 Å². The summed E-state index contributed by atoms with van der Waals surface area (Å²) in [5.41, 5.74) is 4.59. The Balaban J connectivity index is 2.05. The van der Waals surface area contributed by atoms with Gasteiger partial charge in [-0.15, -0.1) is 0 Å².